The molecule has 1 rings (SSSR count). The predicted octanol–water partition coefficient (Wildman–Crippen LogP) is 5.26. The van der Waals surface area contributed by atoms with Gasteiger partial charge in [-0.25, -0.2) is 0 Å². The van der Waals surface area contributed by atoms with Crippen LogP contribution in [0.2, 0.25) is 5.82 Å². The first-order valence-electron chi connectivity index (χ1n) is 7.67. The van der Waals surface area contributed by atoms with E-state index in [1.807, 2.05) is 0 Å². The summed E-state index contributed by atoms with van der Waals surface area (Å²) in [6, 6.07) is 0. The van der Waals surface area contributed by atoms with Crippen LogP contribution >= 0.6 is 40.9 Å². The quantitative estimate of drug-likeness (QED) is 0.284. The Morgan fingerprint density at radius 2 is 1.67 bits per heavy atom. The minimum atomic E-state index is 0.645. The zero-order valence-electron chi connectivity index (χ0n) is 12.0. The van der Waals surface area contributed by atoms with Gasteiger partial charge in [-0.15, -0.1) is 0 Å². The molecular formula is C14H29BIPS. The molecule has 0 nitrogen and oxygen atoms in total. The van der Waals surface area contributed by atoms with Crippen molar-refractivity contribution in [2.45, 2.75) is 81.4 Å². The van der Waals surface area contributed by atoms with Gasteiger partial charge in [-0.05, 0) is 43.7 Å². The van der Waals surface area contributed by atoms with Crippen LogP contribution in [0.5, 0.6) is 0 Å². The topological polar surface area (TPSA) is 0 Å². The first-order valence-corrected chi connectivity index (χ1v) is 12.4. The maximum absolute atomic E-state index is 4.89. The van der Waals surface area contributed by atoms with Gasteiger partial charge in [0.25, 0.3) is 0 Å². The first kappa shape index (κ1) is 17.6. The Bertz CT molecular complexity index is 204. The average molecular weight is 398 g/mol. The van der Waals surface area contributed by atoms with Crippen molar-refractivity contribution in [2.24, 2.45) is 5.92 Å². The van der Waals surface area contributed by atoms with Gasteiger partial charge >= 0.3 is 0 Å². The maximum Gasteiger partial charge on any atom is 0.105 e. The van der Waals surface area contributed by atoms with Crippen LogP contribution in [0.1, 0.15) is 64.7 Å². The van der Waals surface area contributed by atoms with E-state index >= 15 is 0 Å². The lowest BCUT2D eigenvalue weighted by Crippen LogP contribution is -2.18. The summed E-state index contributed by atoms with van der Waals surface area (Å²) in [5.74, 6) is 1.68. The molecule has 0 aromatic carbocycles. The molecule has 1 aliphatic rings. The van der Waals surface area contributed by atoms with Gasteiger partial charge in [0.2, 0.25) is 0 Å². The molecule has 3 unspecified atom stereocenters. The molecule has 0 aliphatic heterocycles. The van der Waals surface area contributed by atoms with E-state index in [-0.39, 0.29) is 0 Å². The average Bonchev–Trinajstić information content (AvgIpc) is 2.34. The fourth-order valence-electron chi connectivity index (χ4n) is 3.05. The van der Waals surface area contributed by atoms with Crippen LogP contribution in [0.25, 0.3) is 0 Å². The van der Waals surface area contributed by atoms with E-state index < -0.39 is 0 Å². The molecule has 0 bridgehead atoms. The van der Waals surface area contributed by atoms with Crippen LogP contribution in [-0.2, 0) is 0 Å². The number of rotatable bonds is 4. The molecule has 0 heterocycles. The minimum Gasteiger partial charge on any atom is -0.176 e. The van der Waals surface area contributed by atoms with Crippen molar-refractivity contribution < 1.29 is 0 Å². The zero-order chi connectivity index (χ0) is 13.4. The summed E-state index contributed by atoms with van der Waals surface area (Å²) in [6.07, 6.45) is 14.1. The van der Waals surface area contributed by atoms with Crippen molar-refractivity contribution in [1.29, 1.82) is 0 Å². The highest BCUT2D eigenvalue weighted by molar-refractivity contribution is 14.2. The monoisotopic (exact) mass is 398 g/mol. The summed E-state index contributed by atoms with van der Waals surface area (Å²) in [6.45, 7) is 2.33. The van der Waals surface area contributed by atoms with Crippen LogP contribution in [-0.4, -0.2) is 18.8 Å². The number of hydrogen-bond donors (Lipinski definition) is 1. The molecule has 4 heteroatoms. The minimum absolute atomic E-state index is 0.645. The number of hydrogen-bond acceptors (Lipinski definition) is 1. The molecule has 0 N–H and O–H groups in total. The van der Waals surface area contributed by atoms with Crippen molar-refractivity contribution in [3.63, 3.8) is 0 Å². The van der Waals surface area contributed by atoms with E-state index in [0.29, 0.717) is 5.25 Å². The number of halogens is 1. The van der Waals surface area contributed by atoms with Crippen LogP contribution in [0.3, 0.4) is 0 Å². The molecule has 18 heavy (non-hydrogen) atoms. The molecule has 1 fully saturated rings. The Labute approximate surface area is 135 Å². The molecule has 0 spiro atoms. The van der Waals surface area contributed by atoms with Gasteiger partial charge in [-0.1, -0.05) is 66.7 Å². The normalized spacial score (nSPS) is 31.3. The third-order valence-electron chi connectivity index (χ3n) is 4.17. The van der Waals surface area contributed by atoms with Crippen molar-refractivity contribution >= 4 is 48.7 Å². The first-order chi connectivity index (χ1) is 8.63. The lowest BCUT2D eigenvalue weighted by atomic mass is 9.80. The lowest BCUT2D eigenvalue weighted by Gasteiger charge is -2.26. The molecule has 3 atom stereocenters. The summed E-state index contributed by atoms with van der Waals surface area (Å²) in [5, 5.41) is 0.645. The van der Waals surface area contributed by atoms with Crippen LogP contribution in [0, 0.1) is 5.92 Å². The Hall–Kier alpha value is 1.57. The second kappa shape index (κ2) is 10.3. The van der Waals surface area contributed by atoms with Gasteiger partial charge in [-0.2, -0.15) is 12.6 Å². The summed E-state index contributed by atoms with van der Waals surface area (Å²) in [4.78, 5) is 0. The van der Waals surface area contributed by atoms with Crippen LogP contribution in [0.4, 0.5) is 0 Å². The summed E-state index contributed by atoms with van der Waals surface area (Å²) < 4.78 is 0. The molecule has 0 aromatic rings. The Balaban J connectivity index is 2.37. The van der Waals surface area contributed by atoms with E-state index in [0.717, 1.165) is 23.6 Å². The van der Waals surface area contributed by atoms with Gasteiger partial charge in [-0.3, -0.25) is 0 Å². The van der Waals surface area contributed by atoms with E-state index in [1.54, 1.807) is 0 Å². The molecule has 0 radical (unpaired) electrons. The molecule has 0 amide bonds. The van der Waals surface area contributed by atoms with Gasteiger partial charge in [0, 0.05) is 5.25 Å². The summed E-state index contributed by atoms with van der Waals surface area (Å²) >= 11 is 7.50. The van der Waals surface area contributed by atoms with Gasteiger partial charge in [0.05, 0.1) is 0 Å². The van der Waals surface area contributed by atoms with E-state index in [1.165, 1.54) is 57.8 Å². The standard InChI is InChI=1S/C14H29BIPS/c1-11(15)10-14(18)12-6-2-4-8-13(17-16)9-5-3-7-12/h11-14,17-18H,2-10,15H2,1H3. The SMILES string of the molecule is BC(C)CC(S)C1CCCCC(PI)CCCC1. The largest absolute Gasteiger partial charge is 0.176 e. The molecule has 1 aliphatic carbocycles. The van der Waals surface area contributed by atoms with Crippen molar-refractivity contribution in [3.05, 3.63) is 0 Å². The van der Waals surface area contributed by atoms with E-state index in [2.05, 4.69) is 36.8 Å². The molecular weight excluding hydrogens is 369 g/mol. The lowest BCUT2D eigenvalue weighted by molar-refractivity contribution is 0.372. The van der Waals surface area contributed by atoms with Crippen molar-refractivity contribution in [1.82, 2.24) is 0 Å². The number of thiol groups is 1. The molecule has 0 aromatic heterocycles. The Morgan fingerprint density at radius 1 is 1.17 bits per heavy atom. The summed E-state index contributed by atoms with van der Waals surface area (Å²) in [5.41, 5.74) is 1.03. The second-order valence-corrected chi connectivity index (χ2v) is 9.90. The third-order valence-corrected chi connectivity index (χ3v) is 8.33. The smallest absolute Gasteiger partial charge is 0.105 e. The predicted molar refractivity (Wildman–Crippen MR) is 102 cm³/mol. The van der Waals surface area contributed by atoms with Crippen molar-refractivity contribution in [2.75, 3.05) is 0 Å². The maximum atomic E-state index is 4.89. The zero-order valence-corrected chi connectivity index (χ0v) is 16.1. The fourth-order valence-corrected chi connectivity index (χ4v) is 6.27. The molecule has 1 saturated carbocycles. The summed E-state index contributed by atoms with van der Waals surface area (Å²) in [7, 11) is 2.33. The highest BCUT2D eigenvalue weighted by Crippen LogP contribution is 2.37. The fraction of sp³-hybridized carbons (Fsp3) is 1.00. The highest BCUT2D eigenvalue weighted by Gasteiger charge is 2.20. The Morgan fingerprint density at radius 3 is 2.11 bits per heavy atom. The highest BCUT2D eigenvalue weighted by atomic mass is 127. The molecule has 106 valence electrons. The molecule has 0 saturated heterocycles. The van der Waals surface area contributed by atoms with Crippen LogP contribution < -0.4 is 0 Å². The van der Waals surface area contributed by atoms with E-state index in [4.69, 9.17) is 12.6 Å². The van der Waals surface area contributed by atoms with Gasteiger partial charge < -0.3 is 0 Å². The Kier molecular flexibility index (Phi) is 10.1. The van der Waals surface area contributed by atoms with Crippen LogP contribution in [0.15, 0.2) is 0 Å². The van der Waals surface area contributed by atoms with Crippen molar-refractivity contribution in [3.8, 4) is 0 Å². The van der Waals surface area contributed by atoms with Gasteiger partial charge in [0.1, 0.15) is 7.85 Å². The third kappa shape index (κ3) is 7.38. The second-order valence-electron chi connectivity index (χ2n) is 6.33. The van der Waals surface area contributed by atoms with E-state index in [9.17, 15) is 0 Å². The van der Waals surface area contributed by atoms with Gasteiger partial charge in [0.15, 0.2) is 0 Å².